The lowest BCUT2D eigenvalue weighted by molar-refractivity contribution is -0.137. The second-order valence-corrected chi connectivity index (χ2v) is 12.0. The third kappa shape index (κ3) is 5.69. The van der Waals surface area contributed by atoms with Crippen molar-refractivity contribution in [3.05, 3.63) is 81.8 Å². The van der Waals surface area contributed by atoms with Crippen LogP contribution in [0.2, 0.25) is 0 Å². The first-order valence-electron chi connectivity index (χ1n) is 14.2. The number of amides is 2. The highest BCUT2D eigenvalue weighted by atomic mass is 32.1. The van der Waals surface area contributed by atoms with E-state index in [1.807, 2.05) is 61.8 Å². The van der Waals surface area contributed by atoms with Gasteiger partial charge in [-0.2, -0.15) is 0 Å². The number of hydrogen-bond acceptors (Lipinski definition) is 7. The summed E-state index contributed by atoms with van der Waals surface area (Å²) in [5.41, 5.74) is 2.29. The summed E-state index contributed by atoms with van der Waals surface area (Å²) in [6, 6.07) is 13.4. The van der Waals surface area contributed by atoms with Crippen LogP contribution in [0, 0.1) is 12.3 Å². The van der Waals surface area contributed by atoms with E-state index in [-0.39, 0.29) is 17.4 Å². The van der Waals surface area contributed by atoms with Crippen LogP contribution in [0.5, 0.6) is 5.75 Å². The van der Waals surface area contributed by atoms with Gasteiger partial charge in [-0.1, -0.05) is 6.07 Å². The fraction of sp³-hybridized carbons (Fsp3) is 0.375. The average molecular weight is 588 g/mol. The number of thiophene rings is 1. The van der Waals surface area contributed by atoms with Crippen molar-refractivity contribution < 1.29 is 14.3 Å². The summed E-state index contributed by atoms with van der Waals surface area (Å²) in [5.74, 6) is 0.150. The Morgan fingerprint density at radius 3 is 2.60 bits per heavy atom. The lowest BCUT2D eigenvalue weighted by Gasteiger charge is -2.27. The minimum absolute atomic E-state index is 0.0222. The molecule has 0 fully saturated rings. The first kappa shape index (κ1) is 29.5. The Labute approximate surface area is 249 Å². The Kier molecular flexibility index (Phi) is 8.47. The van der Waals surface area contributed by atoms with Crippen molar-refractivity contribution in [1.82, 2.24) is 14.5 Å². The highest BCUT2D eigenvalue weighted by molar-refractivity contribution is 7.17. The molecular weight excluding hydrogens is 550 g/mol. The van der Waals surface area contributed by atoms with Crippen molar-refractivity contribution in [2.45, 2.75) is 40.8 Å². The molecule has 3 aromatic heterocycles. The predicted molar refractivity (Wildman–Crippen MR) is 167 cm³/mol. The van der Waals surface area contributed by atoms with Crippen LogP contribution in [-0.2, 0) is 22.7 Å². The van der Waals surface area contributed by atoms with Crippen molar-refractivity contribution in [3.63, 3.8) is 0 Å². The molecular formula is C32H37N5O4S. The quantitative estimate of drug-likeness (QED) is 0.250. The Balaban J connectivity index is 1.32. The third-order valence-corrected chi connectivity index (χ3v) is 8.85. The molecule has 0 bridgehead atoms. The highest BCUT2D eigenvalue weighted by Crippen LogP contribution is 2.40. The zero-order valence-electron chi connectivity index (χ0n) is 24.8. The van der Waals surface area contributed by atoms with E-state index in [9.17, 15) is 14.4 Å². The van der Waals surface area contributed by atoms with Crippen molar-refractivity contribution >= 4 is 44.6 Å². The lowest BCUT2D eigenvalue weighted by Crippen LogP contribution is -2.47. The molecule has 1 aromatic carbocycles. The van der Waals surface area contributed by atoms with E-state index in [2.05, 4.69) is 16.0 Å². The molecule has 1 aliphatic heterocycles. The molecule has 0 radical (unpaired) electrons. The number of aromatic nitrogens is 2. The summed E-state index contributed by atoms with van der Waals surface area (Å²) in [6.07, 6.45) is 3.65. The minimum Gasteiger partial charge on any atom is -0.492 e. The third-order valence-electron chi connectivity index (χ3n) is 7.97. The molecule has 0 aliphatic carbocycles. The zero-order valence-corrected chi connectivity index (χ0v) is 25.6. The van der Waals surface area contributed by atoms with E-state index >= 15 is 0 Å². The largest absolute Gasteiger partial charge is 0.492 e. The maximum Gasteiger partial charge on any atom is 0.259 e. The molecule has 5 rings (SSSR count). The van der Waals surface area contributed by atoms with E-state index in [4.69, 9.17) is 4.74 Å². The van der Waals surface area contributed by atoms with Crippen LogP contribution in [0.15, 0.2) is 65.0 Å². The van der Waals surface area contributed by atoms with Gasteiger partial charge in [0.1, 0.15) is 17.8 Å². The number of pyridine rings is 2. The fourth-order valence-electron chi connectivity index (χ4n) is 5.39. The van der Waals surface area contributed by atoms with Crippen molar-refractivity contribution in [1.29, 1.82) is 0 Å². The molecule has 2 amide bonds. The Hall–Kier alpha value is -4.02. The number of benzene rings is 1. The first-order valence-corrected chi connectivity index (χ1v) is 15.1. The minimum atomic E-state index is -1.16. The normalized spacial score (nSPS) is 14.9. The molecule has 220 valence electrons. The monoisotopic (exact) mass is 587 g/mol. The van der Waals surface area contributed by atoms with Gasteiger partial charge in [0.25, 0.3) is 5.56 Å². The summed E-state index contributed by atoms with van der Waals surface area (Å²) >= 11 is 1.57. The van der Waals surface area contributed by atoms with Crippen LogP contribution in [-0.4, -0.2) is 59.6 Å². The SMILES string of the molecule is CCN1C(=O)C(C)(C)C(=O)N(C)c2cc(OCCN(CCn3ccc4sccc4c3=O)Cc3cccnc3C)ccc21. The summed E-state index contributed by atoms with van der Waals surface area (Å²) in [4.78, 5) is 49.2. The summed E-state index contributed by atoms with van der Waals surface area (Å²) in [5, 5.41) is 2.69. The van der Waals surface area contributed by atoms with Gasteiger partial charge in [0.15, 0.2) is 0 Å². The predicted octanol–water partition coefficient (Wildman–Crippen LogP) is 4.70. The second-order valence-electron chi connectivity index (χ2n) is 11.1. The maximum absolute atomic E-state index is 13.2. The van der Waals surface area contributed by atoms with Gasteiger partial charge in [-0.25, -0.2) is 0 Å². The van der Waals surface area contributed by atoms with E-state index < -0.39 is 5.41 Å². The van der Waals surface area contributed by atoms with Crippen LogP contribution < -0.4 is 20.1 Å². The number of rotatable bonds is 10. The van der Waals surface area contributed by atoms with Gasteiger partial charge >= 0.3 is 0 Å². The summed E-state index contributed by atoms with van der Waals surface area (Å²) in [7, 11) is 1.70. The van der Waals surface area contributed by atoms with Crippen molar-refractivity contribution in [3.8, 4) is 5.75 Å². The number of carbonyl (C=O) groups excluding carboxylic acids is 2. The molecule has 0 N–H and O–H groups in total. The maximum atomic E-state index is 13.2. The van der Waals surface area contributed by atoms with E-state index in [0.29, 0.717) is 56.5 Å². The van der Waals surface area contributed by atoms with Gasteiger partial charge in [-0.05, 0) is 69.0 Å². The molecule has 4 heterocycles. The van der Waals surface area contributed by atoms with Gasteiger partial charge < -0.3 is 19.1 Å². The second kappa shape index (κ2) is 12.1. The zero-order chi connectivity index (χ0) is 30.0. The lowest BCUT2D eigenvalue weighted by atomic mass is 9.90. The van der Waals surface area contributed by atoms with Crippen molar-refractivity contribution in [2.24, 2.45) is 5.41 Å². The average Bonchev–Trinajstić information content (AvgIpc) is 3.46. The molecule has 0 saturated carbocycles. The van der Waals surface area contributed by atoms with Crippen LogP contribution in [0.25, 0.3) is 10.1 Å². The highest BCUT2D eigenvalue weighted by Gasteiger charge is 2.45. The van der Waals surface area contributed by atoms with Gasteiger partial charge in [-0.15, -0.1) is 11.3 Å². The number of fused-ring (bicyclic) bond motifs is 2. The Morgan fingerprint density at radius 1 is 1.02 bits per heavy atom. The van der Waals surface area contributed by atoms with E-state index in [1.54, 1.807) is 52.8 Å². The van der Waals surface area contributed by atoms with Gasteiger partial charge in [0.05, 0.1) is 16.8 Å². The number of hydrogen-bond donors (Lipinski definition) is 0. The number of ether oxygens (including phenoxy) is 1. The van der Waals surface area contributed by atoms with Crippen LogP contribution in [0.1, 0.15) is 32.0 Å². The molecule has 4 aromatic rings. The van der Waals surface area contributed by atoms with Gasteiger partial charge in [0, 0.05) is 68.6 Å². The van der Waals surface area contributed by atoms with E-state index in [1.165, 1.54) is 0 Å². The van der Waals surface area contributed by atoms with Crippen LogP contribution >= 0.6 is 11.3 Å². The van der Waals surface area contributed by atoms with Crippen molar-refractivity contribution in [2.75, 3.05) is 43.1 Å². The molecule has 9 nitrogen and oxygen atoms in total. The molecule has 0 unspecified atom stereocenters. The molecule has 1 aliphatic rings. The number of aryl methyl sites for hydroxylation is 1. The standard InChI is InChI=1S/C32H37N5O4S/c1-6-37-26-10-9-24(20-27(26)34(5)30(39)32(3,4)31(37)40)41-18-17-35(21-23-8-7-13-33-22(23)2)15-16-36-14-11-28-25(29(36)38)12-19-42-28/h7-14,19-20H,6,15-18,21H2,1-5H3. The van der Waals surface area contributed by atoms with Gasteiger partial charge in [-0.3, -0.25) is 24.3 Å². The molecule has 10 heteroatoms. The molecule has 0 spiro atoms. The van der Waals surface area contributed by atoms with Crippen LogP contribution in [0.4, 0.5) is 11.4 Å². The fourth-order valence-corrected chi connectivity index (χ4v) is 6.16. The molecule has 42 heavy (non-hydrogen) atoms. The topological polar surface area (TPSA) is 88.0 Å². The number of carbonyl (C=O) groups is 2. The number of nitrogens with zero attached hydrogens (tertiary/aromatic N) is 5. The Morgan fingerprint density at radius 2 is 1.83 bits per heavy atom. The smallest absolute Gasteiger partial charge is 0.259 e. The first-order chi connectivity index (χ1) is 20.1. The van der Waals surface area contributed by atoms with E-state index in [0.717, 1.165) is 21.3 Å². The summed E-state index contributed by atoms with van der Waals surface area (Å²) in [6.45, 7) is 10.6. The molecule has 0 atom stereocenters. The number of anilines is 2. The van der Waals surface area contributed by atoms with Gasteiger partial charge in [0.2, 0.25) is 11.8 Å². The molecule has 0 saturated heterocycles. The van der Waals surface area contributed by atoms with Crippen LogP contribution in [0.3, 0.4) is 0 Å². The summed E-state index contributed by atoms with van der Waals surface area (Å²) < 4.78 is 8.96. The Bertz CT molecular complexity index is 1680.